The number of aryl methyl sites for hydroxylation is 2. The minimum absolute atomic E-state index is 0.275. The Morgan fingerprint density at radius 2 is 1.67 bits per heavy atom. The molecule has 0 saturated carbocycles. The minimum atomic E-state index is 0.275. The molecule has 0 N–H and O–H groups in total. The Morgan fingerprint density at radius 1 is 0.963 bits per heavy atom. The molecular weight excluding hydrogens is 334 g/mol. The Hall–Kier alpha value is -2.33. The number of amides is 1. The first-order chi connectivity index (χ1) is 13.0. The van der Waals surface area contributed by atoms with E-state index in [1.807, 2.05) is 4.90 Å². The van der Waals surface area contributed by atoms with Gasteiger partial charge in [-0.1, -0.05) is 42.0 Å². The minimum Gasteiger partial charge on any atom is -0.368 e. The zero-order valence-corrected chi connectivity index (χ0v) is 16.8. The third kappa shape index (κ3) is 5.57. The van der Waals surface area contributed by atoms with E-state index < -0.39 is 0 Å². The summed E-state index contributed by atoms with van der Waals surface area (Å²) in [6, 6.07) is 17.2. The number of carbonyl (C=O) groups is 1. The highest BCUT2D eigenvalue weighted by Gasteiger charge is 2.21. The first-order valence-electron chi connectivity index (χ1n) is 9.83. The van der Waals surface area contributed by atoms with Crippen LogP contribution in [0.3, 0.4) is 0 Å². The molecule has 27 heavy (non-hydrogen) atoms. The lowest BCUT2D eigenvalue weighted by molar-refractivity contribution is -0.131. The second-order valence-corrected chi connectivity index (χ2v) is 7.76. The van der Waals surface area contributed by atoms with Crippen LogP contribution < -0.4 is 4.90 Å². The SMILES string of the molecule is Cc1ccc(CCC(=O)N2CCN(c3cccc(CN(C)C)c3)CC2)cc1. The van der Waals surface area contributed by atoms with E-state index in [4.69, 9.17) is 0 Å². The quantitative estimate of drug-likeness (QED) is 0.786. The van der Waals surface area contributed by atoms with Gasteiger partial charge in [0.2, 0.25) is 5.91 Å². The highest BCUT2D eigenvalue weighted by Crippen LogP contribution is 2.19. The maximum atomic E-state index is 12.6. The lowest BCUT2D eigenvalue weighted by atomic mass is 10.1. The molecule has 1 heterocycles. The summed E-state index contributed by atoms with van der Waals surface area (Å²) >= 11 is 0. The average molecular weight is 366 g/mol. The highest BCUT2D eigenvalue weighted by atomic mass is 16.2. The summed E-state index contributed by atoms with van der Waals surface area (Å²) in [5.41, 5.74) is 5.09. The predicted molar refractivity (Wildman–Crippen MR) is 112 cm³/mol. The van der Waals surface area contributed by atoms with Crippen molar-refractivity contribution in [2.45, 2.75) is 26.3 Å². The molecule has 3 rings (SSSR count). The molecule has 0 radical (unpaired) electrons. The van der Waals surface area contributed by atoms with Crippen LogP contribution in [0.15, 0.2) is 48.5 Å². The van der Waals surface area contributed by atoms with E-state index in [1.54, 1.807) is 0 Å². The van der Waals surface area contributed by atoms with Crippen molar-refractivity contribution in [2.24, 2.45) is 0 Å². The monoisotopic (exact) mass is 365 g/mol. The van der Waals surface area contributed by atoms with Crippen molar-refractivity contribution >= 4 is 11.6 Å². The Balaban J connectivity index is 1.49. The van der Waals surface area contributed by atoms with Crippen molar-refractivity contribution in [2.75, 3.05) is 45.2 Å². The van der Waals surface area contributed by atoms with Crippen LogP contribution in [0.4, 0.5) is 5.69 Å². The largest absolute Gasteiger partial charge is 0.368 e. The summed E-state index contributed by atoms with van der Waals surface area (Å²) in [5, 5.41) is 0. The van der Waals surface area contributed by atoms with E-state index in [0.29, 0.717) is 6.42 Å². The standard InChI is InChI=1S/C23H31N3O/c1-19-7-9-20(10-8-19)11-12-23(27)26-15-13-25(14-16-26)22-6-4-5-21(17-22)18-24(2)3/h4-10,17H,11-16,18H2,1-3H3. The average Bonchev–Trinajstić information content (AvgIpc) is 2.67. The van der Waals surface area contributed by atoms with Gasteiger partial charge in [0.15, 0.2) is 0 Å². The van der Waals surface area contributed by atoms with Crippen LogP contribution in [0.2, 0.25) is 0 Å². The second-order valence-electron chi connectivity index (χ2n) is 7.76. The molecule has 144 valence electrons. The summed E-state index contributed by atoms with van der Waals surface area (Å²) in [6.07, 6.45) is 1.42. The van der Waals surface area contributed by atoms with Gasteiger partial charge in [0.05, 0.1) is 0 Å². The Labute approximate surface area is 163 Å². The summed E-state index contributed by atoms with van der Waals surface area (Å²) in [6.45, 7) is 6.47. The number of nitrogens with zero attached hydrogens (tertiary/aromatic N) is 3. The molecule has 1 amide bonds. The van der Waals surface area contributed by atoms with Crippen molar-refractivity contribution < 1.29 is 4.79 Å². The van der Waals surface area contributed by atoms with Crippen LogP contribution in [0, 0.1) is 6.92 Å². The molecule has 0 aromatic heterocycles. The van der Waals surface area contributed by atoms with Crippen molar-refractivity contribution in [3.8, 4) is 0 Å². The van der Waals surface area contributed by atoms with Gasteiger partial charge in [-0.3, -0.25) is 4.79 Å². The Bertz CT molecular complexity index is 746. The molecule has 1 aliphatic heterocycles. The molecule has 1 saturated heterocycles. The van der Waals surface area contributed by atoms with E-state index in [9.17, 15) is 4.79 Å². The summed E-state index contributed by atoms with van der Waals surface area (Å²) in [4.78, 5) is 19.2. The smallest absolute Gasteiger partial charge is 0.223 e. The summed E-state index contributed by atoms with van der Waals surface area (Å²) in [7, 11) is 4.18. The van der Waals surface area contributed by atoms with Crippen molar-refractivity contribution in [3.05, 3.63) is 65.2 Å². The molecule has 0 aliphatic carbocycles. The number of hydrogen-bond acceptors (Lipinski definition) is 3. The third-order valence-electron chi connectivity index (χ3n) is 5.16. The fraction of sp³-hybridized carbons (Fsp3) is 0.435. The molecular formula is C23H31N3O. The van der Waals surface area contributed by atoms with Gasteiger partial charge in [0.25, 0.3) is 0 Å². The predicted octanol–water partition coefficient (Wildman–Crippen LogP) is 3.34. The van der Waals surface area contributed by atoms with Gasteiger partial charge in [-0.15, -0.1) is 0 Å². The van der Waals surface area contributed by atoms with Gasteiger partial charge < -0.3 is 14.7 Å². The molecule has 0 bridgehead atoms. The van der Waals surface area contributed by atoms with Crippen LogP contribution in [0.5, 0.6) is 0 Å². The lowest BCUT2D eigenvalue weighted by Gasteiger charge is -2.36. The van der Waals surface area contributed by atoms with Gasteiger partial charge in [-0.25, -0.2) is 0 Å². The fourth-order valence-electron chi connectivity index (χ4n) is 3.59. The van der Waals surface area contributed by atoms with Gasteiger partial charge >= 0.3 is 0 Å². The van der Waals surface area contributed by atoms with Crippen LogP contribution in [-0.2, 0) is 17.8 Å². The number of benzene rings is 2. The summed E-state index contributed by atoms with van der Waals surface area (Å²) in [5.74, 6) is 0.275. The lowest BCUT2D eigenvalue weighted by Crippen LogP contribution is -2.48. The number of rotatable bonds is 6. The zero-order chi connectivity index (χ0) is 19.2. The maximum absolute atomic E-state index is 12.6. The topological polar surface area (TPSA) is 26.8 Å². The van der Waals surface area contributed by atoms with E-state index in [2.05, 4.69) is 79.3 Å². The van der Waals surface area contributed by atoms with Gasteiger partial charge in [0.1, 0.15) is 0 Å². The van der Waals surface area contributed by atoms with Gasteiger partial charge in [-0.2, -0.15) is 0 Å². The van der Waals surface area contributed by atoms with Crippen LogP contribution in [0.1, 0.15) is 23.1 Å². The Morgan fingerprint density at radius 3 is 2.33 bits per heavy atom. The summed E-state index contributed by atoms with van der Waals surface area (Å²) < 4.78 is 0. The maximum Gasteiger partial charge on any atom is 0.223 e. The van der Waals surface area contributed by atoms with Crippen LogP contribution >= 0.6 is 0 Å². The first kappa shape index (κ1) is 19.4. The number of carbonyl (C=O) groups excluding carboxylic acids is 1. The number of anilines is 1. The molecule has 0 atom stereocenters. The molecule has 2 aromatic carbocycles. The molecule has 4 nitrogen and oxygen atoms in total. The van der Waals surface area contributed by atoms with Gasteiger partial charge in [-0.05, 0) is 50.7 Å². The van der Waals surface area contributed by atoms with Crippen molar-refractivity contribution in [1.82, 2.24) is 9.80 Å². The second kappa shape index (κ2) is 9.05. The highest BCUT2D eigenvalue weighted by molar-refractivity contribution is 5.76. The molecule has 1 aliphatic rings. The van der Waals surface area contributed by atoms with Crippen molar-refractivity contribution in [1.29, 1.82) is 0 Å². The molecule has 0 spiro atoms. The number of piperazine rings is 1. The van der Waals surface area contributed by atoms with Crippen LogP contribution in [0.25, 0.3) is 0 Å². The normalized spacial score (nSPS) is 14.7. The van der Waals surface area contributed by atoms with Crippen LogP contribution in [-0.4, -0.2) is 56.0 Å². The fourth-order valence-corrected chi connectivity index (χ4v) is 3.59. The van der Waals surface area contributed by atoms with Crippen molar-refractivity contribution in [3.63, 3.8) is 0 Å². The molecule has 2 aromatic rings. The Kier molecular flexibility index (Phi) is 6.51. The van der Waals surface area contributed by atoms with Gasteiger partial charge in [0, 0.05) is 44.8 Å². The molecule has 0 unspecified atom stereocenters. The van der Waals surface area contributed by atoms with E-state index in [-0.39, 0.29) is 5.91 Å². The van der Waals surface area contributed by atoms with E-state index in [0.717, 1.165) is 39.1 Å². The van der Waals surface area contributed by atoms with E-state index in [1.165, 1.54) is 22.4 Å². The molecule has 4 heteroatoms. The van der Waals surface area contributed by atoms with E-state index >= 15 is 0 Å². The number of hydrogen-bond donors (Lipinski definition) is 0. The third-order valence-corrected chi connectivity index (χ3v) is 5.16. The molecule has 1 fully saturated rings. The zero-order valence-electron chi connectivity index (χ0n) is 16.8. The first-order valence-corrected chi connectivity index (χ1v) is 9.83.